The summed E-state index contributed by atoms with van der Waals surface area (Å²) in [5.41, 5.74) is 2.77. The van der Waals surface area contributed by atoms with Crippen LogP contribution in [0.25, 0.3) is 23.0 Å². The molecule has 0 aliphatic carbocycles. The van der Waals surface area contributed by atoms with Crippen LogP contribution in [-0.2, 0) is 9.59 Å². The number of amides is 2. The van der Waals surface area contributed by atoms with E-state index in [4.69, 9.17) is 9.84 Å². The number of unbranched alkanes of at least 4 members (excludes halogenated alkanes) is 3. The summed E-state index contributed by atoms with van der Waals surface area (Å²) in [5, 5.41) is 14.5. The molecule has 0 saturated heterocycles. The topological polar surface area (TPSA) is 88.2 Å². The summed E-state index contributed by atoms with van der Waals surface area (Å²) in [6.45, 7) is 6.34. The molecule has 4 rings (SSSR count). The van der Waals surface area contributed by atoms with E-state index >= 15 is 4.39 Å². The minimum Gasteiger partial charge on any atom is -0.491 e. The molecule has 0 bridgehead atoms. The third-order valence-electron chi connectivity index (χ3n) is 6.83. The molecule has 2 amide bonds. The van der Waals surface area contributed by atoms with Gasteiger partial charge in [0.15, 0.2) is 11.6 Å². The number of aromatic nitrogens is 2. The van der Waals surface area contributed by atoms with Gasteiger partial charge in [-0.05, 0) is 61.7 Å². The Balaban J connectivity index is 1.82. The van der Waals surface area contributed by atoms with Gasteiger partial charge >= 0.3 is 0 Å². The summed E-state index contributed by atoms with van der Waals surface area (Å²) in [4.78, 5) is 27.6. The highest BCUT2D eigenvalue weighted by atomic mass is 19.1. The first-order valence-electron chi connectivity index (χ1n) is 13.7. The predicted molar refractivity (Wildman–Crippen MR) is 152 cm³/mol. The first-order valence-corrected chi connectivity index (χ1v) is 13.7. The average molecular weight is 541 g/mol. The lowest BCUT2D eigenvalue weighted by atomic mass is 9.93. The number of para-hydroxylation sites is 1. The average Bonchev–Trinajstić information content (AvgIpc) is 3.38. The summed E-state index contributed by atoms with van der Waals surface area (Å²) in [6.07, 6.45) is 7.60. The van der Waals surface area contributed by atoms with Crippen LogP contribution in [-0.4, -0.2) is 39.6 Å². The molecule has 0 saturated carbocycles. The molecule has 1 aliphatic heterocycles. The van der Waals surface area contributed by atoms with Gasteiger partial charge in [-0.1, -0.05) is 51.3 Å². The molecule has 0 unspecified atom stereocenters. The van der Waals surface area contributed by atoms with Gasteiger partial charge in [-0.15, -0.1) is 0 Å². The number of nitrogens with zero attached hydrogens (tertiary/aromatic N) is 4. The normalized spacial score (nSPS) is 14.7. The van der Waals surface area contributed by atoms with E-state index in [1.54, 1.807) is 36.0 Å². The number of benzene rings is 2. The molecule has 3 aromatic rings. The van der Waals surface area contributed by atoms with Crippen molar-refractivity contribution in [3.05, 3.63) is 82.8 Å². The van der Waals surface area contributed by atoms with Gasteiger partial charge < -0.3 is 4.74 Å². The van der Waals surface area contributed by atoms with Crippen LogP contribution in [0.3, 0.4) is 0 Å². The Hall–Kier alpha value is -4.51. The van der Waals surface area contributed by atoms with Crippen LogP contribution in [0.4, 0.5) is 4.39 Å². The highest BCUT2D eigenvalue weighted by Gasteiger charge is 2.35. The fourth-order valence-corrected chi connectivity index (χ4v) is 4.53. The fraction of sp³-hybridized carbons (Fsp3) is 0.312. The zero-order valence-electron chi connectivity index (χ0n) is 23.1. The molecule has 0 fully saturated rings. The number of halogens is 1. The van der Waals surface area contributed by atoms with Crippen LogP contribution in [0.5, 0.6) is 5.75 Å². The van der Waals surface area contributed by atoms with Crippen molar-refractivity contribution in [1.82, 2.24) is 14.7 Å². The Morgan fingerprint density at radius 3 is 2.45 bits per heavy atom. The van der Waals surface area contributed by atoms with Crippen molar-refractivity contribution in [3.63, 3.8) is 0 Å². The number of hydrogen-bond acceptors (Lipinski definition) is 5. The summed E-state index contributed by atoms with van der Waals surface area (Å²) in [5.74, 6) is -1.37. The standard InChI is InChI=1S/C32H33FN4O3/c1-4-6-11-16-36-31(38)26(22(3)27(20-34)32(36)39)18-24-21-37(25-12-9-8-10-13-25)35-30(24)23-14-15-29(28(33)19-23)40-17-7-5-2/h8-10,12-15,18-19,21H,4-7,11,16-17H2,1-3H3/b26-18+. The van der Waals surface area contributed by atoms with Gasteiger partial charge in [-0.25, -0.2) is 9.07 Å². The van der Waals surface area contributed by atoms with Gasteiger partial charge in [0.25, 0.3) is 11.8 Å². The van der Waals surface area contributed by atoms with E-state index in [0.717, 1.165) is 36.3 Å². The summed E-state index contributed by atoms with van der Waals surface area (Å²) >= 11 is 0. The number of rotatable bonds is 11. The van der Waals surface area contributed by atoms with E-state index < -0.39 is 17.6 Å². The van der Waals surface area contributed by atoms with E-state index in [-0.39, 0.29) is 23.4 Å². The summed E-state index contributed by atoms with van der Waals surface area (Å²) in [7, 11) is 0. The predicted octanol–water partition coefficient (Wildman–Crippen LogP) is 6.64. The Morgan fingerprint density at radius 2 is 1.77 bits per heavy atom. The van der Waals surface area contributed by atoms with Crippen LogP contribution in [0.15, 0.2) is 71.4 Å². The van der Waals surface area contributed by atoms with Crippen molar-refractivity contribution >= 4 is 17.9 Å². The molecule has 0 N–H and O–H groups in total. The Bertz CT molecular complexity index is 1500. The van der Waals surface area contributed by atoms with Crippen molar-refractivity contribution in [1.29, 1.82) is 5.26 Å². The first kappa shape index (κ1) is 28.5. The summed E-state index contributed by atoms with van der Waals surface area (Å²) < 4.78 is 22.3. The third kappa shape index (κ3) is 6.04. The minimum absolute atomic E-state index is 0.0565. The van der Waals surface area contributed by atoms with Crippen molar-refractivity contribution < 1.29 is 18.7 Å². The van der Waals surface area contributed by atoms with Crippen LogP contribution < -0.4 is 4.74 Å². The Kier molecular flexibility index (Phi) is 9.28. The molecule has 7 nitrogen and oxygen atoms in total. The minimum atomic E-state index is -0.570. The quantitative estimate of drug-likeness (QED) is 0.155. The monoisotopic (exact) mass is 540 g/mol. The summed E-state index contributed by atoms with van der Waals surface area (Å²) in [6, 6.07) is 16.1. The molecule has 0 atom stereocenters. The lowest BCUT2D eigenvalue weighted by Gasteiger charge is -2.27. The van der Waals surface area contributed by atoms with Gasteiger partial charge in [0.1, 0.15) is 17.3 Å². The van der Waals surface area contributed by atoms with Crippen LogP contribution in [0, 0.1) is 17.1 Å². The zero-order chi connectivity index (χ0) is 28.6. The molecule has 0 spiro atoms. The molecular formula is C32H33FN4O3. The van der Waals surface area contributed by atoms with Crippen LogP contribution in [0.1, 0.15) is 58.4 Å². The molecule has 40 heavy (non-hydrogen) atoms. The number of ether oxygens (including phenoxy) is 1. The van der Waals surface area contributed by atoms with Crippen molar-refractivity contribution in [2.24, 2.45) is 0 Å². The van der Waals surface area contributed by atoms with E-state index in [1.807, 2.05) is 50.2 Å². The third-order valence-corrected chi connectivity index (χ3v) is 6.83. The second-order valence-corrected chi connectivity index (χ2v) is 9.70. The lowest BCUT2D eigenvalue weighted by Crippen LogP contribution is -2.43. The molecule has 1 aliphatic rings. The van der Waals surface area contributed by atoms with Crippen molar-refractivity contribution in [3.8, 4) is 28.8 Å². The molecule has 0 radical (unpaired) electrons. The van der Waals surface area contributed by atoms with Gasteiger partial charge in [0.2, 0.25) is 0 Å². The zero-order valence-corrected chi connectivity index (χ0v) is 23.1. The number of nitriles is 1. The van der Waals surface area contributed by atoms with Gasteiger partial charge in [-0.2, -0.15) is 10.4 Å². The van der Waals surface area contributed by atoms with E-state index in [2.05, 4.69) is 0 Å². The first-order chi connectivity index (χ1) is 19.4. The van der Waals surface area contributed by atoms with Gasteiger partial charge in [0.05, 0.1) is 12.3 Å². The Labute approximate surface area is 234 Å². The van der Waals surface area contributed by atoms with Gasteiger partial charge in [0, 0.05) is 29.4 Å². The maximum absolute atomic E-state index is 15.0. The number of hydrogen-bond donors (Lipinski definition) is 0. The fourth-order valence-electron chi connectivity index (χ4n) is 4.53. The van der Waals surface area contributed by atoms with E-state index in [0.29, 0.717) is 35.4 Å². The van der Waals surface area contributed by atoms with E-state index in [9.17, 15) is 14.9 Å². The maximum Gasteiger partial charge on any atom is 0.271 e. The van der Waals surface area contributed by atoms with E-state index in [1.165, 1.54) is 6.07 Å². The molecule has 8 heteroatoms. The number of carbonyl (C=O) groups is 2. The van der Waals surface area contributed by atoms with Gasteiger partial charge in [-0.3, -0.25) is 14.5 Å². The van der Waals surface area contributed by atoms with Crippen LogP contribution in [0.2, 0.25) is 0 Å². The maximum atomic E-state index is 15.0. The lowest BCUT2D eigenvalue weighted by molar-refractivity contribution is -0.140. The van der Waals surface area contributed by atoms with Crippen molar-refractivity contribution in [2.75, 3.05) is 13.2 Å². The number of imide groups is 1. The smallest absolute Gasteiger partial charge is 0.271 e. The second kappa shape index (κ2) is 13.0. The molecule has 1 aromatic heterocycles. The van der Waals surface area contributed by atoms with Crippen molar-refractivity contribution in [2.45, 2.75) is 52.9 Å². The highest BCUT2D eigenvalue weighted by Crippen LogP contribution is 2.33. The second-order valence-electron chi connectivity index (χ2n) is 9.70. The highest BCUT2D eigenvalue weighted by molar-refractivity contribution is 6.19. The SMILES string of the molecule is CCCCCN1C(=O)C(C#N)=C(C)/C(=C\c2cn(-c3ccccc3)nc2-c2ccc(OCCCC)c(F)c2)C1=O. The molecule has 2 heterocycles. The molecular weight excluding hydrogens is 507 g/mol. The van der Waals surface area contributed by atoms with Crippen LogP contribution >= 0.6 is 0 Å². The molecule has 2 aromatic carbocycles. The Morgan fingerprint density at radius 1 is 1.02 bits per heavy atom. The molecule has 206 valence electrons. The largest absolute Gasteiger partial charge is 0.491 e. The number of carbonyl (C=O) groups excluding carboxylic acids is 2.